The Labute approximate surface area is 168 Å². The van der Waals surface area contributed by atoms with Gasteiger partial charge in [0.15, 0.2) is 0 Å². The molecule has 0 spiro atoms. The Kier molecular flexibility index (Phi) is 5.93. The first-order valence-corrected chi connectivity index (χ1v) is 9.18. The van der Waals surface area contributed by atoms with E-state index in [-0.39, 0.29) is 23.3 Å². The normalized spacial score (nSPS) is 10.4. The molecule has 2 amide bonds. The predicted octanol–water partition coefficient (Wildman–Crippen LogP) is 4.57. The number of para-hydroxylation sites is 1. The van der Waals surface area contributed by atoms with E-state index in [2.05, 4.69) is 10.6 Å². The minimum atomic E-state index is -0.589. The van der Waals surface area contributed by atoms with Crippen LogP contribution < -0.4 is 10.6 Å². The third-order valence-corrected chi connectivity index (χ3v) is 4.42. The van der Waals surface area contributed by atoms with E-state index in [0.29, 0.717) is 28.8 Å². The van der Waals surface area contributed by atoms with Gasteiger partial charge in [0.1, 0.15) is 11.6 Å². The summed E-state index contributed by atoms with van der Waals surface area (Å²) in [6, 6.07) is 16.4. The van der Waals surface area contributed by atoms with Crippen molar-refractivity contribution >= 4 is 17.5 Å². The van der Waals surface area contributed by atoms with E-state index in [1.165, 1.54) is 19.1 Å². The highest BCUT2D eigenvalue weighted by Crippen LogP contribution is 2.38. The molecule has 3 aromatic carbocycles. The lowest BCUT2D eigenvalue weighted by Gasteiger charge is -2.12. The van der Waals surface area contributed by atoms with Gasteiger partial charge in [-0.1, -0.05) is 36.4 Å². The fourth-order valence-electron chi connectivity index (χ4n) is 3.05. The van der Waals surface area contributed by atoms with Gasteiger partial charge in [-0.3, -0.25) is 9.59 Å². The molecular weight excluding hydrogens is 371 g/mol. The molecule has 5 nitrogen and oxygen atoms in total. The summed E-state index contributed by atoms with van der Waals surface area (Å²) in [7, 11) is 0. The first kappa shape index (κ1) is 20.1. The highest BCUT2D eigenvalue weighted by Gasteiger charge is 2.14. The van der Waals surface area contributed by atoms with Crippen LogP contribution in [0, 0.1) is 5.82 Å². The van der Waals surface area contributed by atoms with Crippen LogP contribution in [0.15, 0.2) is 60.7 Å². The van der Waals surface area contributed by atoms with Crippen molar-refractivity contribution in [3.63, 3.8) is 0 Å². The molecule has 0 saturated carbocycles. The Bertz CT molecular complexity index is 1060. The number of phenolic OH excluding ortho intramolecular Hbond substituents is 1. The molecule has 0 atom stereocenters. The second-order valence-electron chi connectivity index (χ2n) is 6.51. The van der Waals surface area contributed by atoms with Gasteiger partial charge in [0.2, 0.25) is 5.91 Å². The van der Waals surface area contributed by atoms with Crippen LogP contribution in [-0.4, -0.2) is 23.5 Å². The first-order chi connectivity index (χ1) is 13.9. The number of amides is 2. The second-order valence-corrected chi connectivity index (χ2v) is 6.51. The van der Waals surface area contributed by atoms with Crippen LogP contribution in [0.1, 0.15) is 24.2 Å². The molecule has 0 radical (unpaired) electrons. The third-order valence-electron chi connectivity index (χ3n) is 4.42. The standard InChI is InChI=1S/C23H21FN2O3/c1-3-25-23(29)16-9-7-15(8-10-16)18-5-4-6-19(22(18)28)17-11-12-21(20(24)13-17)26-14(2)27/h4-13,28H,3H2,1-2H3,(H,25,29)(H,26,27). The highest BCUT2D eigenvalue weighted by molar-refractivity contribution is 5.95. The number of nitrogens with one attached hydrogen (secondary N) is 2. The van der Waals surface area contributed by atoms with Crippen molar-refractivity contribution in [1.82, 2.24) is 5.32 Å². The molecule has 0 aliphatic carbocycles. The first-order valence-electron chi connectivity index (χ1n) is 9.18. The van der Waals surface area contributed by atoms with Crippen LogP contribution >= 0.6 is 0 Å². The summed E-state index contributed by atoms with van der Waals surface area (Å²) in [5.41, 5.74) is 2.85. The van der Waals surface area contributed by atoms with Crippen molar-refractivity contribution in [3.05, 3.63) is 72.0 Å². The van der Waals surface area contributed by atoms with Crippen molar-refractivity contribution in [3.8, 4) is 28.0 Å². The average molecular weight is 392 g/mol. The molecular formula is C23H21FN2O3. The zero-order valence-electron chi connectivity index (χ0n) is 16.1. The molecule has 0 aliphatic heterocycles. The minimum absolute atomic E-state index is 0.00457. The van der Waals surface area contributed by atoms with Crippen molar-refractivity contribution in [2.75, 3.05) is 11.9 Å². The molecule has 3 N–H and O–H groups in total. The number of halogens is 1. The number of benzene rings is 3. The van der Waals surface area contributed by atoms with Crippen LogP contribution in [0.5, 0.6) is 5.75 Å². The molecule has 6 heteroatoms. The Hall–Kier alpha value is -3.67. The van der Waals surface area contributed by atoms with Gasteiger partial charge in [-0.15, -0.1) is 0 Å². The topological polar surface area (TPSA) is 78.4 Å². The van der Waals surface area contributed by atoms with E-state index < -0.39 is 5.82 Å². The van der Waals surface area contributed by atoms with Crippen molar-refractivity contribution in [1.29, 1.82) is 0 Å². The number of aromatic hydroxyl groups is 1. The lowest BCUT2D eigenvalue weighted by molar-refractivity contribution is -0.114. The summed E-state index contributed by atoms with van der Waals surface area (Å²) in [5.74, 6) is -1.11. The van der Waals surface area contributed by atoms with E-state index >= 15 is 0 Å². The molecule has 0 bridgehead atoms. The van der Waals surface area contributed by atoms with Crippen LogP contribution in [0.4, 0.5) is 10.1 Å². The maximum absolute atomic E-state index is 14.3. The fraction of sp³-hybridized carbons (Fsp3) is 0.130. The Morgan fingerprint density at radius 1 is 0.966 bits per heavy atom. The number of phenols is 1. The van der Waals surface area contributed by atoms with Crippen LogP contribution in [0.3, 0.4) is 0 Å². The second kappa shape index (κ2) is 8.56. The quantitative estimate of drug-likeness (QED) is 0.595. The van der Waals surface area contributed by atoms with Gasteiger partial charge >= 0.3 is 0 Å². The van der Waals surface area contributed by atoms with Crippen molar-refractivity contribution < 1.29 is 19.1 Å². The summed E-state index contributed by atoms with van der Waals surface area (Å²) in [6.45, 7) is 3.70. The zero-order chi connectivity index (χ0) is 21.0. The summed E-state index contributed by atoms with van der Waals surface area (Å²) >= 11 is 0. The molecule has 0 fully saturated rings. The summed E-state index contributed by atoms with van der Waals surface area (Å²) in [4.78, 5) is 23.0. The lowest BCUT2D eigenvalue weighted by atomic mass is 9.96. The van der Waals surface area contributed by atoms with Gasteiger partial charge in [0.25, 0.3) is 5.91 Å². The van der Waals surface area contributed by atoms with E-state index in [1.54, 1.807) is 48.5 Å². The van der Waals surface area contributed by atoms with Gasteiger partial charge < -0.3 is 15.7 Å². The van der Waals surface area contributed by atoms with Crippen LogP contribution in [-0.2, 0) is 4.79 Å². The number of carbonyl (C=O) groups is 2. The van der Waals surface area contributed by atoms with Gasteiger partial charge in [-0.2, -0.15) is 0 Å². The van der Waals surface area contributed by atoms with E-state index in [4.69, 9.17) is 0 Å². The van der Waals surface area contributed by atoms with E-state index in [1.807, 2.05) is 6.92 Å². The Morgan fingerprint density at radius 2 is 1.59 bits per heavy atom. The Morgan fingerprint density at radius 3 is 2.17 bits per heavy atom. The van der Waals surface area contributed by atoms with Crippen LogP contribution in [0.25, 0.3) is 22.3 Å². The minimum Gasteiger partial charge on any atom is -0.507 e. The molecule has 148 valence electrons. The number of hydrogen-bond acceptors (Lipinski definition) is 3. The van der Waals surface area contributed by atoms with Gasteiger partial charge in [-0.05, 0) is 42.3 Å². The predicted molar refractivity (Wildman–Crippen MR) is 111 cm³/mol. The number of rotatable bonds is 5. The van der Waals surface area contributed by atoms with E-state index in [0.717, 1.165) is 5.56 Å². The Balaban J connectivity index is 1.95. The average Bonchev–Trinajstić information content (AvgIpc) is 2.70. The smallest absolute Gasteiger partial charge is 0.251 e. The van der Waals surface area contributed by atoms with Crippen molar-refractivity contribution in [2.24, 2.45) is 0 Å². The molecule has 3 rings (SSSR count). The maximum Gasteiger partial charge on any atom is 0.251 e. The molecule has 0 heterocycles. The maximum atomic E-state index is 14.3. The van der Waals surface area contributed by atoms with E-state index in [9.17, 15) is 19.1 Å². The monoisotopic (exact) mass is 392 g/mol. The molecule has 0 saturated heterocycles. The van der Waals surface area contributed by atoms with Gasteiger partial charge in [-0.25, -0.2) is 4.39 Å². The van der Waals surface area contributed by atoms with Crippen molar-refractivity contribution in [2.45, 2.75) is 13.8 Å². The van der Waals surface area contributed by atoms with Gasteiger partial charge in [0.05, 0.1) is 5.69 Å². The molecule has 3 aromatic rings. The SMILES string of the molecule is CCNC(=O)c1ccc(-c2cccc(-c3ccc(NC(C)=O)c(F)c3)c2O)cc1. The largest absolute Gasteiger partial charge is 0.507 e. The fourth-order valence-corrected chi connectivity index (χ4v) is 3.05. The van der Waals surface area contributed by atoms with Crippen LogP contribution in [0.2, 0.25) is 0 Å². The molecule has 0 unspecified atom stereocenters. The molecule has 0 aromatic heterocycles. The number of carbonyl (C=O) groups excluding carboxylic acids is 2. The summed E-state index contributed by atoms with van der Waals surface area (Å²) in [6.07, 6.45) is 0. The number of hydrogen-bond donors (Lipinski definition) is 3. The lowest BCUT2D eigenvalue weighted by Crippen LogP contribution is -2.22. The molecule has 0 aliphatic rings. The van der Waals surface area contributed by atoms with Gasteiger partial charge in [0, 0.05) is 30.2 Å². The summed E-state index contributed by atoms with van der Waals surface area (Å²) < 4.78 is 14.3. The third kappa shape index (κ3) is 4.43. The summed E-state index contributed by atoms with van der Waals surface area (Å²) in [5, 5.41) is 15.9. The zero-order valence-corrected chi connectivity index (χ0v) is 16.1. The molecule has 29 heavy (non-hydrogen) atoms. The number of anilines is 1. The highest BCUT2D eigenvalue weighted by atomic mass is 19.1.